The van der Waals surface area contributed by atoms with Gasteiger partial charge in [-0.15, -0.1) is 0 Å². The van der Waals surface area contributed by atoms with Gasteiger partial charge in [-0.05, 0) is 18.2 Å². The molecule has 3 aliphatic rings. The highest BCUT2D eigenvalue weighted by atomic mass is 16.5. The van der Waals surface area contributed by atoms with E-state index in [0.717, 1.165) is 59.3 Å². The molecule has 3 aliphatic heterocycles. The Bertz CT molecular complexity index is 2050. The highest BCUT2D eigenvalue weighted by molar-refractivity contribution is 6.39. The SMILES string of the molecule is CC1(Cn2c3ccccc3c3c2c2c4ccccc4n(CC4(C)COC4)c2c2c4ccccc4n(CC4(C)COC4)c32)COC1. The lowest BCUT2D eigenvalue weighted by Gasteiger charge is -2.39. The van der Waals surface area contributed by atoms with Crippen molar-refractivity contribution in [1.82, 2.24) is 13.7 Å². The minimum Gasteiger partial charge on any atom is -0.380 e. The van der Waals surface area contributed by atoms with Gasteiger partial charge in [0.1, 0.15) is 0 Å². The van der Waals surface area contributed by atoms with Gasteiger partial charge < -0.3 is 27.9 Å². The molecule has 0 saturated carbocycles. The molecule has 3 fully saturated rings. The third-order valence-corrected chi connectivity index (χ3v) is 10.9. The summed E-state index contributed by atoms with van der Waals surface area (Å²) in [6.45, 7) is 14.7. The first kappa shape index (κ1) is 26.4. The van der Waals surface area contributed by atoms with Crippen LogP contribution >= 0.6 is 0 Å². The summed E-state index contributed by atoms with van der Waals surface area (Å²) in [6, 6.07) is 27.3. The Morgan fingerprint density at radius 3 is 0.956 bits per heavy atom. The van der Waals surface area contributed by atoms with Gasteiger partial charge in [0.05, 0.1) is 56.2 Å². The monoisotopic (exact) mass is 597 g/mol. The third-order valence-electron chi connectivity index (χ3n) is 10.9. The van der Waals surface area contributed by atoms with Crippen LogP contribution in [0.4, 0.5) is 0 Å². The van der Waals surface area contributed by atoms with E-state index in [1.807, 2.05) is 0 Å². The number of hydrogen-bond donors (Lipinski definition) is 0. The van der Waals surface area contributed by atoms with Gasteiger partial charge in [0.2, 0.25) is 0 Å². The van der Waals surface area contributed by atoms with Crippen LogP contribution in [0.5, 0.6) is 0 Å². The normalized spacial score (nSPS) is 20.3. The molecule has 0 bridgehead atoms. The van der Waals surface area contributed by atoms with Crippen LogP contribution in [0.25, 0.3) is 65.4 Å². The van der Waals surface area contributed by atoms with Crippen molar-refractivity contribution >= 4 is 65.4 Å². The molecule has 0 unspecified atom stereocenters. The molecule has 0 spiro atoms. The summed E-state index contributed by atoms with van der Waals surface area (Å²) < 4.78 is 25.4. The van der Waals surface area contributed by atoms with Crippen molar-refractivity contribution in [2.24, 2.45) is 16.2 Å². The van der Waals surface area contributed by atoms with Crippen molar-refractivity contribution in [3.05, 3.63) is 72.8 Å². The summed E-state index contributed by atoms with van der Waals surface area (Å²) in [5.41, 5.74) is 8.31. The van der Waals surface area contributed by atoms with Crippen molar-refractivity contribution in [2.75, 3.05) is 39.6 Å². The predicted octanol–water partition coefficient (Wildman–Crippen LogP) is 8.12. The van der Waals surface area contributed by atoms with Crippen LogP contribution in [0.15, 0.2) is 72.8 Å². The molecule has 0 amide bonds. The summed E-state index contributed by atoms with van der Waals surface area (Å²) in [4.78, 5) is 0. The molecule has 0 atom stereocenters. The van der Waals surface area contributed by atoms with Crippen LogP contribution in [0.2, 0.25) is 0 Å². The van der Waals surface area contributed by atoms with E-state index in [4.69, 9.17) is 14.2 Å². The van der Waals surface area contributed by atoms with Gasteiger partial charge in [0, 0.05) is 84.7 Å². The van der Waals surface area contributed by atoms with E-state index in [0.29, 0.717) is 0 Å². The van der Waals surface area contributed by atoms with Gasteiger partial charge in [-0.2, -0.15) is 0 Å². The highest BCUT2D eigenvalue weighted by Crippen LogP contribution is 2.50. The van der Waals surface area contributed by atoms with Gasteiger partial charge in [0.25, 0.3) is 0 Å². The zero-order chi connectivity index (χ0) is 30.1. The molecule has 6 nitrogen and oxygen atoms in total. The fourth-order valence-corrected chi connectivity index (χ4v) is 8.67. The standard InChI is InChI=1S/C39H39N3O3/c1-37(19-43-20-37)16-40-28-13-7-4-10-25(28)31-34(40)32-26-11-5-8-14-29(26)41(17-38(2)21-44-22-38)36(32)33-27-12-6-9-15-30(27)42(35(31)33)18-39(3)23-45-24-39/h4-15H,16-24H2,1-3H3. The Morgan fingerprint density at radius 2 is 0.711 bits per heavy atom. The largest absolute Gasteiger partial charge is 0.380 e. The maximum absolute atomic E-state index is 5.80. The Hall–Kier alpha value is -3.84. The van der Waals surface area contributed by atoms with E-state index >= 15 is 0 Å². The number of hydrogen-bond acceptors (Lipinski definition) is 3. The van der Waals surface area contributed by atoms with E-state index < -0.39 is 0 Å². The smallest absolute Gasteiger partial charge is 0.0614 e. The fourth-order valence-electron chi connectivity index (χ4n) is 8.67. The number of nitrogens with zero attached hydrogens (tertiary/aromatic N) is 3. The van der Waals surface area contributed by atoms with Crippen molar-refractivity contribution < 1.29 is 14.2 Å². The summed E-state index contributed by atoms with van der Waals surface area (Å²) in [5, 5.41) is 8.12. The van der Waals surface area contributed by atoms with Crippen LogP contribution in [-0.2, 0) is 33.8 Å². The molecule has 10 rings (SSSR count). The van der Waals surface area contributed by atoms with Gasteiger partial charge in [-0.3, -0.25) is 0 Å². The van der Waals surface area contributed by atoms with Crippen molar-refractivity contribution in [3.63, 3.8) is 0 Å². The Balaban J connectivity index is 1.48. The summed E-state index contributed by atoms with van der Waals surface area (Å²) in [5.74, 6) is 0. The van der Waals surface area contributed by atoms with Gasteiger partial charge >= 0.3 is 0 Å². The van der Waals surface area contributed by atoms with Crippen LogP contribution in [0.1, 0.15) is 20.8 Å². The van der Waals surface area contributed by atoms with Crippen molar-refractivity contribution in [2.45, 2.75) is 40.4 Å². The Kier molecular flexibility index (Phi) is 5.22. The first-order chi connectivity index (χ1) is 21.9. The number of fused-ring (bicyclic) bond motifs is 12. The molecule has 7 aromatic rings. The van der Waals surface area contributed by atoms with E-state index in [1.165, 1.54) is 65.4 Å². The molecule has 3 saturated heterocycles. The zero-order valence-corrected chi connectivity index (χ0v) is 26.4. The van der Waals surface area contributed by atoms with E-state index in [2.05, 4.69) is 107 Å². The lowest BCUT2D eigenvalue weighted by molar-refractivity contribution is -0.109. The number of aromatic nitrogens is 3. The predicted molar refractivity (Wildman–Crippen MR) is 182 cm³/mol. The number of ether oxygens (including phenoxy) is 3. The molecule has 0 aliphatic carbocycles. The Labute approximate surface area is 262 Å². The molecule has 0 N–H and O–H groups in total. The minimum atomic E-state index is 0.106. The number of rotatable bonds is 6. The maximum atomic E-state index is 5.80. The minimum absolute atomic E-state index is 0.106. The Morgan fingerprint density at radius 1 is 0.444 bits per heavy atom. The topological polar surface area (TPSA) is 42.5 Å². The van der Waals surface area contributed by atoms with Gasteiger partial charge in [-0.1, -0.05) is 75.4 Å². The molecule has 6 heteroatoms. The van der Waals surface area contributed by atoms with Crippen LogP contribution in [-0.4, -0.2) is 53.3 Å². The average Bonchev–Trinajstić information content (AvgIpc) is 3.61. The second kappa shape index (κ2) is 8.91. The number of benzene rings is 4. The average molecular weight is 598 g/mol. The van der Waals surface area contributed by atoms with Crippen LogP contribution in [0, 0.1) is 16.2 Å². The first-order valence-electron chi connectivity index (χ1n) is 16.4. The van der Waals surface area contributed by atoms with Gasteiger partial charge in [-0.25, -0.2) is 0 Å². The molecule has 6 heterocycles. The zero-order valence-electron chi connectivity index (χ0n) is 26.4. The molecule has 4 aromatic carbocycles. The van der Waals surface area contributed by atoms with E-state index in [9.17, 15) is 0 Å². The second-order valence-electron chi connectivity index (χ2n) is 15.4. The molecular weight excluding hydrogens is 558 g/mol. The molecule has 228 valence electrons. The van der Waals surface area contributed by atoms with Crippen molar-refractivity contribution in [1.29, 1.82) is 0 Å². The van der Waals surface area contributed by atoms with Crippen LogP contribution < -0.4 is 0 Å². The lowest BCUT2D eigenvalue weighted by Crippen LogP contribution is -2.43. The van der Waals surface area contributed by atoms with Gasteiger partial charge in [0.15, 0.2) is 0 Å². The second-order valence-corrected chi connectivity index (χ2v) is 15.4. The molecule has 45 heavy (non-hydrogen) atoms. The highest BCUT2D eigenvalue weighted by Gasteiger charge is 2.39. The maximum Gasteiger partial charge on any atom is 0.0614 e. The van der Waals surface area contributed by atoms with E-state index in [-0.39, 0.29) is 16.2 Å². The van der Waals surface area contributed by atoms with E-state index in [1.54, 1.807) is 0 Å². The molecule has 3 aromatic heterocycles. The molecule has 0 radical (unpaired) electrons. The van der Waals surface area contributed by atoms with Crippen molar-refractivity contribution in [3.8, 4) is 0 Å². The molecular formula is C39H39N3O3. The first-order valence-corrected chi connectivity index (χ1v) is 16.4. The quantitative estimate of drug-likeness (QED) is 0.194. The summed E-state index contributed by atoms with van der Waals surface area (Å²) in [6.07, 6.45) is 0. The van der Waals surface area contributed by atoms with Crippen LogP contribution in [0.3, 0.4) is 0 Å². The summed E-state index contributed by atoms with van der Waals surface area (Å²) >= 11 is 0. The fraction of sp³-hybridized carbons (Fsp3) is 0.385. The lowest BCUT2D eigenvalue weighted by atomic mass is 9.88. The number of para-hydroxylation sites is 3. The summed E-state index contributed by atoms with van der Waals surface area (Å²) in [7, 11) is 0. The third kappa shape index (κ3) is 3.56.